The summed E-state index contributed by atoms with van der Waals surface area (Å²) in [6.07, 6.45) is 5.76. The Balaban J connectivity index is 1.87. The Kier molecular flexibility index (Phi) is 4.63. The molecule has 0 unspecified atom stereocenters. The second kappa shape index (κ2) is 6.47. The molecule has 0 atom stereocenters. The monoisotopic (exact) mass is 338 g/mol. The second-order valence-electron chi connectivity index (χ2n) is 5.53. The highest BCUT2D eigenvalue weighted by Gasteiger charge is 2.18. The molecule has 0 aliphatic heterocycles. The number of hydrogen-bond acceptors (Lipinski definition) is 2. The predicted octanol–water partition coefficient (Wildman–Crippen LogP) is 5.69. The summed E-state index contributed by atoms with van der Waals surface area (Å²) in [5.74, 6) is 1.49. The number of hydrogen-bond donors (Lipinski definition) is 1. The van der Waals surface area contributed by atoms with Gasteiger partial charge in [-0.2, -0.15) is 0 Å². The summed E-state index contributed by atoms with van der Waals surface area (Å²) in [5.41, 5.74) is 2.30. The van der Waals surface area contributed by atoms with Crippen LogP contribution in [-0.2, 0) is 6.42 Å². The summed E-state index contributed by atoms with van der Waals surface area (Å²) in [7, 11) is 0. The summed E-state index contributed by atoms with van der Waals surface area (Å²) in [6.45, 7) is 0. The number of halogens is 2. The standard InChI is InChI=1S/C16H16Cl2N2S/c17-12-6-5-10(7-13(12)18)8-15-19-14(9-16(21)20-15)11-3-1-2-4-11/h5-7,9,11H,1-4,8H2,(H,19,20,21). The Bertz CT molecular complexity index is 706. The molecule has 1 heterocycles. The average Bonchev–Trinajstić information content (AvgIpc) is 2.96. The lowest BCUT2D eigenvalue weighted by molar-refractivity contribution is 0.685. The smallest absolute Gasteiger partial charge is 0.130 e. The highest BCUT2D eigenvalue weighted by molar-refractivity contribution is 7.71. The van der Waals surface area contributed by atoms with Gasteiger partial charge in [-0.25, -0.2) is 4.98 Å². The van der Waals surface area contributed by atoms with Crippen LogP contribution in [0.2, 0.25) is 10.0 Å². The van der Waals surface area contributed by atoms with Crippen molar-refractivity contribution in [1.29, 1.82) is 0 Å². The van der Waals surface area contributed by atoms with E-state index in [1.165, 1.54) is 31.4 Å². The first-order valence-electron chi connectivity index (χ1n) is 7.16. The second-order valence-corrected chi connectivity index (χ2v) is 6.76. The molecule has 0 saturated heterocycles. The minimum absolute atomic E-state index is 0.569. The summed E-state index contributed by atoms with van der Waals surface area (Å²) >= 11 is 17.3. The van der Waals surface area contributed by atoms with Crippen LogP contribution in [0.1, 0.15) is 48.7 Å². The zero-order valence-electron chi connectivity index (χ0n) is 11.5. The lowest BCUT2D eigenvalue weighted by atomic mass is 10.0. The van der Waals surface area contributed by atoms with Gasteiger partial charge >= 0.3 is 0 Å². The van der Waals surface area contributed by atoms with Gasteiger partial charge in [-0.3, -0.25) is 0 Å². The van der Waals surface area contributed by atoms with Crippen LogP contribution < -0.4 is 0 Å². The quantitative estimate of drug-likeness (QED) is 0.727. The van der Waals surface area contributed by atoms with Gasteiger partial charge in [0.1, 0.15) is 10.5 Å². The lowest BCUT2D eigenvalue weighted by Crippen LogP contribution is -2.04. The Morgan fingerprint density at radius 2 is 1.90 bits per heavy atom. The van der Waals surface area contributed by atoms with Crippen LogP contribution in [0.4, 0.5) is 0 Å². The van der Waals surface area contributed by atoms with Crippen LogP contribution >= 0.6 is 35.4 Å². The van der Waals surface area contributed by atoms with Crippen molar-refractivity contribution in [2.75, 3.05) is 0 Å². The third kappa shape index (κ3) is 3.65. The van der Waals surface area contributed by atoms with E-state index < -0.39 is 0 Å². The molecule has 0 radical (unpaired) electrons. The molecule has 3 rings (SSSR count). The molecule has 21 heavy (non-hydrogen) atoms. The van der Waals surface area contributed by atoms with Crippen molar-refractivity contribution in [3.63, 3.8) is 0 Å². The van der Waals surface area contributed by atoms with Crippen LogP contribution in [0.15, 0.2) is 24.3 Å². The molecule has 1 aliphatic carbocycles. The maximum Gasteiger partial charge on any atom is 0.130 e. The predicted molar refractivity (Wildman–Crippen MR) is 89.9 cm³/mol. The van der Waals surface area contributed by atoms with E-state index in [-0.39, 0.29) is 0 Å². The molecule has 1 N–H and O–H groups in total. The first-order chi connectivity index (χ1) is 10.1. The third-order valence-corrected chi connectivity index (χ3v) is 4.91. The topological polar surface area (TPSA) is 28.7 Å². The van der Waals surface area contributed by atoms with Crippen molar-refractivity contribution < 1.29 is 0 Å². The maximum absolute atomic E-state index is 6.06. The number of H-pyrrole nitrogens is 1. The molecule has 0 bridgehead atoms. The first kappa shape index (κ1) is 15.0. The van der Waals surface area contributed by atoms with Gasteiger partial charge in [0.15, 0.2) is 0 Å². The molecule has 1 aromatic heterocycles. The Morgan fingerprint density at radius 3 is 2.62 bits per heavy atom. The molecule has 5 heteroatoms. The number of nitrogens with zero attached hydrogens (tertiary/aromatic N) is 1. The fourth-order valence-corrected chi connectivity index (χ4v) is 3.47. The third-order valence-electron chi connectivity index (χ3n) is 3.96. The summed E-state index contributed by atoms with van der Waals surface area (Å²) in [4.78, 5) is 7.89. The molecule has 1 fully saturated rings. The van der Waals surface area contributed by atoms with E-state index in [4.69, 9.17) is 35.4 Å². The van der Waals surface area contributed by atoms with Crippen LogP contribution in [0, 0.1) is 4.64 Å². The minimum Gasteiger partial charge on any atom is -0.347 e. The maximum atomic E-state index is 6.06. The van der Waals surface area contributed by atoms with Gasteiger partial charge in [0.2, 0.25) is 0 Å². The lowest BCUT2D eigenvalue weighted by Gasteiger charge is -2.11. The molecule has 1 saturated carbocycles. The highest BCUT2D eigenvalue weighted by atomic mass is 35.5. The van der Waals surface area contributed by atoms with E-state index >= 15 is 0 Å². The van der Waals surface area contributed by atoms with Crippen molar-refractivity contribution >= 4 is 35.4 Å². The number of aromatic nitrogens is 2. The molecule has 0 amide bonds. The Morgan fingerprint density at radius 1 is 1.14 bits per heavy atom. The fraction of sp³-hybridized carbons (Fsp3) is 0.375. The van der Waals surface area contributed by atoms with Gasteiger partial charge in [0.25, 0.3) is 0 Å². The van der Waals surface area contributed by atoms with E-state index in [9.17, 15) is 0 Å². The highest BCUT2D eigenvalue weighted by Crippen LogP contribution is 2.33. The minimum atomic E-state index is 0.569. The van der Waals surface area contributed by atoms with Crippen LogP contribution in [-0.4, -0.2) is 9.97 Å². The van der Waals surface area contributed by atoms with Crippen molar-refractivity contribution in [2.45, 2.75) is 38.0 Å². The SMILES string of the molecule is S=c1cc(C2CCCC2)[nH]c(Cc2ccc(Cl)c(Cl)c2)n1. The molecule has 0 spiro atoms. The van der Waals surface area contributed by atoms with Gasteiger partial charge in [0.05, 0.1) is 10.0 Å². The normalized spacial score (nSPS) is 15.5. The largest absolute Gasteiger partial charge is 0.347 e. The van der Waals surface area contributed by atoms with E-state index in [2.05, 4.69) is 9.97 Å². The molecule has 2 aromatic rings. The Hall–Kier alpha value is -0.900. The fourth-order valence-electron chi connectivity index (χ4n) is 2.91. The number of nitrogens with one attached hydrogen (secondary N) is 1. The first-order valence-corrected chi connectivity index (χ1v) is 8.32. The molecule has 2 nitrogen and oxygen atoms in total. The molecule has 110 valence electrons. The number of aromatic amines is 1. The van der Waals surface area contributed by atoms with Gasteiger partial charge in [-0.1, -0.05) is 54.3 Å². The summed E-state index contributed by atoms with van der Waals surface area (Å²) in [5, 5.41) is 1.14. The van der Waals surface area contributed by atoms with Crippen molar-refractivity contribution in [2.24, 2.45) is 0 Å². The van der Waals surface area contributed by atoms with Crippen molar-refractivity contribution in [3.05, 3.63) is 56.0 Å². The molecular weight excluding hydrogens is 323 g/mol. The summed E-state index contributed by atoms with van der Waals surface area (Å²) in [6, 6.07) is 7.66. The van der Waals surface area contributed by atoms with Crippen LogP contribution in [0.25, 0.3) is 0 Å². The molecule has 1 aromatic carbocycles. The number of benzene rings is 1. The Labute approximate surface area is 139 Å². The average molecular weight is 339 g/mol. The van der Waals surface area contributed by atoms with E-state index in [0.717, 1.165) is 11.4 Å². The van der Waals surface area contributed by atoms with Crippen LogP contribution in [0.5, 0.6) is 0 Å². The van der Waals surface area contributed by atoms with E-state index in [1.54, 1.807) is 0 Å². The molecular formula is C16H16Cl2N2S. The van der Waals surface area contributed by atoms with E-state index in [0.29, 0.717) is 27.0 Å². The molecule has 1 aliphatic rings. The number of rotatable bonds is 3. The van der Waals surface area contributed by atoms with Crippen LogP contribution in [0.3, 0.4) is 0 Å². The van der Waals surface area contributed by atoms with Gasteiger partial charge in [0, 0.05) is 12.1 Å². The zero-order chi connectivity index (χ0) is 14.8. The van der Waals surface area contributed by atoms with Crippen molar-refractivity contribution in [3.8, 4) is 0 Å². The van der Waals surface area contributed by atoms with Gasteiger partial charge in [-0.15, -0.1) is 0 Å². The van der Waals surface area contributed by atoms with Gasteiger partial charge in [-0.05, 0) is 42.5 Å². The van der Waals surface area contributed by atoms with Crippen molar-refractivity contribution in [1.82, 2.24) is 9.97 Å². The zero-order valence-corrected chi connectivity index (χ0v) is 13.9. The van der Waals surface area contributed by atoms with E-state index in [1.807, 2.05) is 24.3 Å². The van der Waals surface area contributed by atoms with Gasteiger partial charge < -0.3 is 4.98 Å². The summed E-state index contributed by atoms with van der Waals surface area (Å²) < 4.78 is 0.658.